The van der Waals surface area contributed by atoms with E-state index in [0.29, 0.717) is 33.9 Å². The van der Waals surface area contributed by atoms with Gasteiger partial charge in [-0.2, -0.15) is 0 Å². The highest BCUT2D eigenvalue weighted by atomic mass is 32.2. The van der Waals surface area contributed by atoms with Crippen LogP contribution in [0.1, 0.15) is 44.7 Å². The van der Waals surface area contributed by atoms with Crippen molar-refractivity contribution in [2.75, 3.05) is 37.9 Å². The second-order valence-electron chi connectivity index (χ2n) is 11.3. The normalized spacial score (nSPS) is 20.6. The Hall–Kier alpha value is -3.42. The minimum absolute atomic E-state index is 0.0319. The van der Waals surface area contributed by atoms with Crippen molar-refractivity contribution in [3.8, 4) is 0 Å². The number of thiazole rings is 1. The largest absolute Gasteiger partial charge is 0.511 e. The minimum atomic E-state index is -1.27. The number of nitrogens with zero attached hydrogens (tertiary/aromatic N) is 7. The molecule has 250 valence electrons. The van der Waals surface area contributed by atoms with Crippen molar-refractivity contribution in [1.82, 2.24) is 40.3 Å². The number of ether oxygens (including phenoxy) is 3. The summed E-state index contributed by atoms with van der Waals surface area (Å²) in [5.41, 5.74) is 6.83. The summed E-state index contributed by atoms with van der Waals surface area (Å²) in [4.78, 5) is 59.6. The molecule has 0 bridgehead atoms. The van der Waals surface area contributed by atoms with Crippen LogP contribution < -0.4 is 11.1 Å². The van der Waals surface area contributed by atoms with E-state index in [1.807, 2.05) is 19.0 Å². The van der Waals surface area contributed by atoms with Crippen LogP contribution in [0.4, 0.5) is 9.93 Å². The molecule has 5 rings (SSSR count). The molecule has 0 radical (unpaired) electrons. The number of fused-ring (bicyclic) bond motifs is 1. The molecule has 1 saturated carbocycles. The van der Waals surface area contributed by atoms with Crippen LogP contribution >= 0.6 is 34.9 Å². The minimum Gasteiger partial charge on any atom is -0.431 e. The second-order valence-corrected chi connectivity index (χ2v) is 14.2. The molecule has 2 fully saturated rings. The molecule has 0 unspecified atom stereocenters. The van der Waals surface area contributed by atoms with Crippen LogP contribution in [-0.4, -0.2) is 115 Å². The van der Waals surface area contributed by atoms with Crippen LogP contribution in [0.2, 0.25) is 0 Å². The predicted molar refractivity (Wildman–Crippen MR) is 169 cm³/mol. The van der Waals surface area contributed by atoms with Gasteiger partial charge >= 0.3 is 12.1 Å². The highest BCUT2D eigenvalue weighted by Gasteiger charge is 2.54. The molecule has 19 heteroatoms. The summed E-state index contributed by atoms with van der Waals surface area (Å²) in [6.07, 6.45) is 2.14. The van der Waals surface area contributed by atoms with E-state index in [1.54, 1.807) is 10.1 Å². The number of nitrogen functional groups attached to an aromatic ring is 1. The summed E-state index contributed by atoms with van der Waals surface area (Å²) < 4.78 is 17.8. The van der Waals surface area contributed by atoms with Crippen molar-refractivity contribution in [2.24, 2.45) is 0 Å². The van der Waals surface area contributed by atoms with Crippen molar-refractivity contribution in [3.63, 3.8) is 0 Å². The van der Waals surface area contributed by atoms with Gasteiger partial charge < -0.3 is 30.2 Å². The first kappa shape index (κ1) is 33.9. The molecule has 0 spiro atoms. The number of nitrogens with two attached hydrogens (primary N) is 1. The zero-order valence-corrected chi connectivity index (χ0v) is 28.2. The Balaban J connectivity index is 1.27. The average Bonchev–Trinajstić information content (AvgIpc) is 3.65. The number of esters is 1. The Bertz CT molecular complexity index is 1460. The Kier molecular flexibility index (Phi) is 11.4. The third kappa shape index (κ3) is 8.48. The molecule has 16 nitrogen and oxygen atoms in total. The first-order valence-electron chi connectivity index (χ1n) is 14.9. The van der Waals surface area contributed by atoms with Gasteiger partial charge in [-0.3, -0.25) is 14.5 Å². The van der Waals surface area contributed by atoms with Crippen molar-refractivity contribution in [1.29, 1.82) is 0 Å². The number of aromatic nitrogens is 5. The van der Waals surface area contributed by atoms with E-state index in [1.165, 1.54) is 46.7 Å². The number of β-lactam (4-membered cyclic amide) rings is 1. The second kappa shape index (κ2) is 15.4. The first-order chi connectivity index (χ1) is 22.1. The number of amides is 2. The molecule has 2 aromatic rings. The van der Waals surface area contributed by atoms with Gasteiger partial charge in [0.05, 0.1) is 18.7 Å². The number of hydrogen-bond acceptors (Lipinski definition) is 16. The molecular weight excluding hydrogens is 659 g/mol. The maximum absolute atomic E-state index is 13.6. The van der Waals surface area contributed by atoms with Crippen LogP contribution in [0.25, 0.3) is 0 Å². The molecule has 0 aromatic carbocycles. The van der Waals surface area contributed by atoms with E-state index in [4.69, 9.17) is 19.9 Å². The van der Waals surface area contributed by atoms with Crippen LogP contribution in [-0.2, 0) is 41.6 Å². The lowest BCUT2D eigenvalue weighted by atomic mass is 9.98. The summed E-state index contributed by atoms with van der Waals surface area (Å²) in [5, 5.41) is 16.8. The van der Waals surface area contributed by atoms with E-state index in [2.05, 4.69) is 25.8 Å². The maximum atomic E-state index is 13.6. The van der Waals surface area contributed by atoms with Gasteiger partial charge in [0.25, 0.3) is 5.91 Å². The molecule has 2 aromatic heterocycles. The Morgan fingerprint density at radius 1 is 1.22 bits per heavy atom. The van der Waals surface area contributed by atoms with Crippen molar-refractivity contribution < 1.29 is 33.4 Å². The molecule has 1 aliphatic carbocycles. The van der Waals surface area contributed by atoms with Crippen LogP contribution in [0.15, 0.2) is 21.8 Å². The number of carbonyl (C=O) groups excluding carboxylic acids is 4. The lowest BCUT2D eigenvalue weighted by Crippen LogP contribution is -2.70. The molecule has 1 saturated heterocycles. The van der Waals surface area contributed by atoms with Gasteiger partial charge in [0.2, 0.25) is 17.4 Å². The summed E-state index contributed by atoms with van der Waals surface area (Å²) in [7, 11) is 3.90. The Labute approximate surface area is 278 Å². The van der Waals surface area contributed by atoms with Crippen molar-refractivity contribution >= 4 is 63.9 Å². The third-order valence-corrected chi connectivity index (χ3v) is 10.6. The molecule has 3 aliphatic rings. The quantitative estimate of drug-likeness (QED) is 0.133. The fourth-order valence-electron chi connectivity index (χ4n) is 5.18. The van der Waals surface area contributed by atoms with Gasteiger partial charge in [0.1, 0.15) is 23.2 Å². The van der Waals surface area contributed by atoms with Gasteiger partial charge in [0, 0.05) is 30.4 Å². The predicted octanol–water partition coefficient (Wildman–Crippen LogP) is 1.64. The van der Waals surface area contributed by atoms with Gasteiger partial charge in [-0.1, -0.05) is 18.2 Å². The molecule has 3 atom stereocenters. The number of likely N-dealkylation sites (N-methyl/N-ethyl adjacent to an activating group) is 1. The van der Waals surface area contributed by atoms with Crippen LogP contribution in [0, 0.1) is 0 Å². The summed E-state index contributed by atoms with van der Waals surface area (Å²) in [6, 6.07) is -0.844. The van der Waals surface area contributed by atoms with Crippen molar-refractivity contribution in [2.45, 2.75) is 81.0 Å². The van der Waals surface area contributed by atoms with E-state index >= 15 is 0 Å². The Morgan fingerprint density at radius 2 is 2.00 bits per heavy atom. The van der Waals surface area contributed by atoms with E-state index < -0.39 is 35.7 Å². The van der Waals surface area contributed by atoms with Gasteiger partial charge in [-0.15, -0.1) is 28.2 Å². The molecule has 2 amide bonds. The zero-order chi connectivity index (χ0) is 32.8. The number of tetrazole rings is 1. The molecule has 4 heterocycles. The number of carbonyl (C=O) groups is 4. The number of nitrogens with one attached hydrogen (secondary N) is 1. The summed E-state index contributed by atoms with van der Waals surface area (Å²) in [5.74, 6) is -1.01. The smallest absolute Gasteiger partial charge is 0.431 e. The monoisotopic (exact) mass is 695 g/mol. The number of thioether (sulfide) groups is 2. The first-order valence-corrected chi connectivity index (χ1v) is 17.8. The van der Waals surface area contributed by atoms with Gasteiger partial charge in [-0.05, 0) is 55.8 Å². The topological polar surface area (TPSA) is 197 Å². The SMILES string of the molecule is C[C@H](OC(=O)OC1CCCCC1)OC(=O)C1=C(CSc2nnnn2CCN(C)C)CS[C@@H]2[C@@H](NC(=O)Cc3csc(N)n3)C(=O)N12. The van der Waals surface area contributed by atoms with E-state index in [-0.39, 0.29) is 29.9 Å². The van der Waals surface area contributed by atoms with Crippen LogP contribution in [0.3, 0.4) is 0 Å². The molecular formula is C27H37N9O7S3. The van der Waals surface area contributed by atoms with Crippen LogP contribution in [0.5, 0.6) is 0 Å². The van der Waals surface area contributed by atoms with Gasteiger partial charge in [0.15, 0.2) is 5.13 Å². The number of hydrogen-bond donors (Lipinski definition) is 2. The zero-order valence-electron chi connectivity index (χ0n) is 25.7. The summed E-state index contributed by atoms with van der Waals surface area (Å²) >= 11 is 3.97. The van der Waals surface area contributed by atoms with E-state index in [0.717, 1.165) is 38.6 Å². The highest BCUT2D eigenvalue weighted by molar-refractivity contribution is 8.01. The standard InChI is InChI=1S/C27H37N9O7S3/c1-15(42-27(40)43-18-7-5-4-6-8-18)41-24(39)21-16(13-46-26-31-32-33-35(26)10-9-34(2)3)12-44-23-20(22(38)36(21)23)30-19(37)11-17-14-45-25(28)29-17/h14-15,18,20,23H,4-13H2,1-3H3,(H2,28,29)(H,30,37)/t15-,20-,23+/m0/s1. The molecule has 2 aliphatic heterocycles. The lowest BCUT2D eigenvalue weighted by molar-refractivity contribution is -0.170. The van der Waals surface area contributed by atoms with E-state index in [9.17, 15) is 19.2 Å². The molecule has 46 heavy (non-hydrogen) atoms. The maximum Gasteiger partial charge on any atom is 0.511 e. The number of anilines is 1. The highest BCUT2D eigenvalue weighted by Crippen LogP contribution is 2.42. The fourth-order valence-corrected chi connectivity index (χ4v) is 8.13. The van der Waals surface area contributed by atoms with Crippen molar-refractivity contribution in [3.05, 3.63) is 22.3 Å². The van der Waals surface area contributed by atoms with Gasteiger partial charge in [-0.25, -0.2) is 19.3 Å². The lowest BCUT2D eigenvalue weighted by Gasteiger charge is -2.49. The summed E-state index contributed by atoms with van der Waals surface area (Å²) in [6.45, 7) is 2.70. The average molecular weight is 696 g/mol. The third-order valence-electron chi connectivity index (χ3n) is 7.45. The Morgan fingerprint density at radius 3 is 2.72 bits per heavy atom. The molecule has 3 N–H and O–H groups in total. The number of rotatable bonds is 13. The fraction of sp³-hybridized carbons (Fsp3) is 0.630.